The van der Waals surface area contributed by atoms with Crippen molar-refractivity contribution in [1.82, 2.24) is 0 Å². The normalized spacial score (nSPS) is 16.6. The van der Waals surface area contributed by atoms with Gasteiger partial charge in [-0.1, -0.05) is 0 Å². The lowest BCUT2D eigenvalue weighted by molar-refractivity contribution is -0.138. The maximum Gasteiger partial charge on any atom is 0.321 e. The molecule has 0 spiro atoms. The van der Waals surface area contributed by atoms with Crippen LogP contribution >= 0.6 is 11.8 Å². The second-order valence-electron chi connectivity index (χ2n) is 1.73. The molecule has 64 valence electrons. The molecule has 0 heterocycles. The minimum Gasteiger partial charge on any atom is -0.481 e. The Hall–Kier alpha value is -0.750. The first kappa shape index (κ1) is 8.35. The Kier molecular flexibility index (Phi) is 3.77. The summed E-state index contributed by atoms with van der Waals surface area (Å²) >= 11 is 0.682. The molecule has 2 atom stereocenters. The van der Waals surface area contributed by atoms with E-state index in [2.05, 4.69) is 0 Å². The fourth-order valence-electron chi connectivity index (χ4n) is 0.294. The van der Waals surface area contributed by atoms with Crippen molar-refractivity contribution < 1.29 is 21.2 Å². The topological polar surface area (TPSA) is 101 Å². The summed E-state index contributed by atoms with van der Waals surface area (Å²) in [5, 5.41) is 16.5. The van der Waals surface area contributed by atoms with E-state index in [0.717, 1.165) is 0 Å². The molecule has 5 nitrogen and oxygen atoms in total. The number of nitrogens with two attached hydrogens (primary N) is 1. The van der Waals surface area contributed by atoms with Crippen LogP contribution < -0.4 is 5.73 Å². The molecule has 6 heteroatoms. The van der Waals surface area contributed by atoms with E-state index in [0.29, 0.717) is 11.8 Å². The van der Waals surface area contributed by atoms with Crippen molar-refractivity contribution in [3.8, 4) is 0 Å². The van der Waals surface area contributed by atoms with Crippen LogP contribution in [0.2, 0.25) is 0 Å². The van der Waals surface area contributed by atoms with Crippen LogP contribution in [0.4, 0.5) is 0 Å². The highest BCUT2D eigenvalue weighted by molar-refractivity contribution is 8.00. The van der Waals surface area contributed by atoms with E-state index in [-0.39, 0.29) is 5.75 Å². The predicted molar refractivity (Wildman–Crippen MR) is 40.6 cm³/mol. The summed E-state index contributed by atoms with van der Waals surface area (Å²) < 4.78 is 6.88. The van der Waals surface area contributed by atoms with Crippen molar-refractivity contribution in [2.45, 2.75) is 6.04 Å². The number of hydrogen-bond acceptors (Lipinski definition) is 4. The molecule has 0 aliphatic heterocycles. The molecule has 0 fully saturated rings. The van der Waals surface area contributed by atoms with Crippen molar-refractivity contribution in [2.24, 2.45) is 5.73 Å². The number of carboxylic acids is 2. The maximum absolute atomic E-state index is 10.1. The van der Waals surface area contributed by atoms with Gasteiger partial charge in [-0.2, -0.15) is 0 Å². The maximum atomic E-state index is 10.1. The first-order valence-electron chi connectivity index (χ1n) is 3.28. The molecule has 0 aromatic heterocycles. The fraction of sp³-hybridized carbons (Fsp3) is 0.600. The van der Waals surface area contributed by atoms with E-state index in [4.69, 9.17) is 17.3 Å². The molecule has 0 aliphatic carbocycles. The summed E-state index contributed by atoms with van der Waals surface area (Å²) in [4.78, 5) is 20.2. The number of carbonyl (C=O) groups is 2. The highest BCUT2D eigenvalue weighted by atomic mass is 32.2. The van der Waals surface area contributed by atoms with Gasteiger partial charge < -0.3 is 15.9 Å². The van der Waals surface area contributed by atoms with Gasteiger partial charge in [0, 0.05) is 5.75 Å². The van der Waals surface area contributed by atoms with Crippen LogP contribution in [-0.2, 0) is 9.59 Å². The second kappa shape index (κ2) is 4.97. The summed E-state index contributed by atoms with van der Waals surface area (Å²) in [5.74, 6) is -2.56. The third kappa shape index (κ3) is 5.68. The molecule has 0 aliphatic rings. The summed E-state index contributed by atoms with van der Waals surface area (Å²) in [7, 11) is 0. The summed E-state index contributed by atoms with van der Waals surface area (Å²) in [6, 6.07) is -1.11. The van der Waals surface area contributed by atoms with Crippen molar-refractivity contribution in [2.75, 3.05) is 11.5 Å². The van der Waals surface area contributed by atoms with Gasteiger partial charge in [-0.25, -0.2) is 0 Å². The molecular formula is C5H9NO4S. The molecule has 0 saturated carbocycles. The van der Waals surface area contributed by atoms with Crippen LogP contribution in [0, 0.1) is 0 Å². The monoisotopic (exact) mass is 180 g/mol. The summed E-state index contributed by atoms with van der Waals surface area (Å²) in [6.45, 7) is 0. The van der Waals surface area contributed by atoms with Crippen molar-refractivity contribution in [3.05, 3.63) is 0 Å². The second-order valence-corrected chi connectivity index (χ2v) is 2.64. The van der Waals surface area contributed by atoms with Crippen LogP contribution in [0.3, 0.4) is 0 Å². The smallest absolute Gasteiger partial charge is 0.321 e. The van der Waals surface area contributed by atoms with Crippen molar-refractivity contribution in [3.63, 3.8) is 0 Å². The van der Waals surface area contributed by atoms with Crippen LogP contribution in [0.15, 0.2) is 0 Å². The van der Waals surface area contributed by atoms with E-state index in [1.165, 1.54) is 0 Å². The van der Waals surface area contributed by atoms with Crippen LogP contribution in [0.25, 0.3) is 0 Å². The number of aliphatic carboxylic acids is 2. The Bertz CT molecular complexity index is 168. The molecule has 0 amide bonds. The van der Waals surface area contributed by atoms with Gasteiger partial charge in [0.15, 0.2) is 0 Å². The average Bonchev–Trinajstić information content (AvgIpc) is 1.98. The molecular weight excluding hydrogens is 170 g/mol. The summed E-state index contributed by atoms with van der Waals surface area (Å²) in [5.41, 5.74) is 3.70. The highest BCUT2D eigenvalue weighted by Gasteiger charge is 2.11. The predicted octanol–water partition coefficient (Wildman–Crippen LogP) is -0.784. The zero-order chi connectivity index (χ0) is 9.72. The molecule has 0 bridgehead atoms. The lowest BCUT2D eigenvalue weighted by Gasteiger charge is -2.02. The number of rotatable bonds is 5. The molecule has 0 radical (unpaired) electrons. The minimum absolute atomic E-state index is 0.0736. The molecule has 0 saturated heterocycles. The van der Waals surface area contributed by atoms with Gasteiger partial charge in [-0.05, 0) is 0 Å². The Morgan fingerprint density at radius 1 is 1.64 bits per heavy atom. The van der Waals surface area contributed by atoms with Gasteiger partial charge in [0.2, 0.25) is 0 Å². The molecule has 1 unspecified atom stereocenters. The van der Waals surface area contributed by atoms with Crippen LogP contribution in [0.1, 0.15) is 1.37 Å². The Morgan fingerprint density at radius 3 is 2.55 bits per heavy atom. The van der Waals surface area contributed by atoms with Gasteiger partial charge in [-0.3, -0.25) is 9.59 Å². The van der Waals surface area contributed by atoms with Gasteiger partial charge >= 0.3 is 11.9 Å². The first-order chi connectivity index (χ1) is 5.45. The van der Waals surface area contributed by atoms with Crippen molar-refractivity contribution >= 4 is 23.7 Å². The quantitative estimate of drug-likeness (QED) is 0.513. The zero-order valence-corrected chi connectivity index (χ0v) is 6.37. The number of thioether (sulfide) groups is 1. The van der Waals surface area contributed by atoms with E-state index < -0.39 is 23.7 Å². The van der Waals surface area contributed by atoms with E-state index in [9.17, 15) is 9.59 Å². The minimum atomic E-state index is -1.37. The molecule has 11 heavy (non-hydrogen) atoms. The van der Waals surface area contributed by atoms with Crippen LogP contribution in [-0.4, -0.2) is 39.7 Å². The third-order valence-corrected chi connectivity index (χ3v) is 1.70. The Labute approximate surface area is 69.0 Å². The lowest BCUT2D eigenvalue weighted by Crippen LogP contribution is -2.32. The lowest BCUT2D eigenvalue weighted by atomic mass is 10.4. The molecule has 4 N–H and O–H groups in total. The first-order valence-corrected chi connectivity index (χ1v) is 3.75. The highest BCUT2D eigenvalue weighted by Crippen LogP contribution is 2.00. The number of hydrogen-bond donors (Lipinski definition) is 3. The van der Waals surface area contributed by atoms with E-state index >= 15 is 0 Å². The Balaban J connectivity index is 3.68. The average molecular weight is 180 g/mol. The zero-order valence-electron chi connectivity index (χ0n) is 6.56. The van der Waals surface area contributed by atoms with Gasteiger partial charge in [0.1, 0.15) is 6.04 Å². The fourth-order valence-corrected chi connectivity index (χ4v) is 0.883. The van der Waals surface area contributed by atoms with Gasteiger partial charge in [0.25, 0.3) is 0 Å². The summed E-state index contributed by atoms with van der Waals surface area (Å²) in [6.07, 6.45) is 0. The number of carboxylic acid groups (broad SMARTS) is 2. The molecule has 0 aromatic rings. The SMILES string of the molecule is [2H]C(SC[C@H](N)C(=O)O)C(=O)O. The van der Waals surface area contributed by atoms with Gasteiger partial charge in [-0.15, -0.1) is 11.8 Å². The van der Waals surface area contributed by atoms with E-state index in [1.54, 1.807) is 0 Å². The molecule has 0 aromatic carbocycles. The standard InChI is InChI=1S/C5H9NO4S/c6-3(5(9)10)1-11-2-4(7)8/h3H,1-2,6H2,(H,7,8)(H,9,10)/t3-/m0/s1/i2D/t2?,3-. The Morgan fingerprint density at radius 2 is 2.18 bits per heavy atom. The largest absolute Gasteiger partial charge is 0.481 e. The molecule has 0 rings (SSSR count). The van der Waals surface area contributed by atoms with E-state index in [1.807, 2.05) is 0 Å². The van der Waals surface area contributed by atoms with Gasteiger partial charge in [0.05, 0.1) is 7.10 Å². The van der Waals surface area contributed by atoms with Crippen molar-refractivity contribution in [1.29, 1.82) is 0 Å². The van der Waals surface area contributed by atoms with Crippen LogP contribution in [0.5, 0.6) is 0 Å². The third-order valence-electron chi connectivity index (χ3n) is 0.777.